The van der Waals surface area contributed by atoms with Crippen molar-refractivity contribution in [1.29, 1.82) is 0 Å². The maximum absolute atomic E-state index is 12.2. The Morgan fingerprint density at radius 2 is 1.46 bits per heavy atom. The van der Waals surface area contributed by atoms with Crippen molar-refractivity contribution in [2.24, 2.45) is 0 Å². The van der Waals surface area contributed by atoms with Crippen LogP contribution in [0, 0.1) is 6.92 Å². The summed E-state index contributed by atoms with van der Waals surface area (Å²) in [6, 6.07) is 25.2. The highest BCUT2D eigenvalue weighted by Crippen LogP contribution is 2.30. The average molecular weight is 312 g/mol. The van der Waals surface area contributed by atoms with Crippen LogP contribution < -0.4 is 5.43 Å². The van der Waals surface area contributed by atoms with E-state index in [1.54, 1.807) is 12.1 Å². The van der Waals surface area contributed by atoms with Crippen LogP contribution in [0.5, 0.6) is 0 Å². The van der Waals surface area contributed by atoms with Gasteiger partial charge in [-0.3, -0.25) is 4.79 Å². The second-order valence-corrected chi connectivity index (χ2v) is 5.91. The minimum atomic E-state index is -0.0558. The number of hydrogen-bond acceptors (Lipinski definition) is 2. The summed E-state index contributed by atoms with van der Waals surface area (Å²) in [5, 5.41) is 2.20. The van der Waals surface area contributed by atoms with Crippen molar-refractivity contribution in [3.8, 4) is 22.6 Å². The molecule has 116 valence electrons. The molecule has 0 N–H and O–H groups in total. The molecule has 4 rings (SSSR count). The third-order valence-corrected chi connectivity index (χ3v) is 4.16. The summed E-state index contributed by atoms with van der Waals surface area (Å²) in [6.45, 7) is 2.03. The molecule has 0 bridgehead atoms. The van der Waals surface area contributed by atoms with E-state index in [-0.39, 0.29) is 5.43 Å². The van der Waals surface area contributed by atoms with Crippen molar-refractivity contribution < 1.29 is 4.42 Å². The van der Waals surface area contributed by atoms with E-state index in [9.17, 15) is 4.79 Å². The Labute approximate surface area is 140 Å². The van der Waals surface area contributed by atoms with Gasteiger partial charge in [0.25, 0.3) is 0 Å². The molecule has 0 radical (unpaired) electrons. The fourth-order valence-corrected chi connectivity index (χ4v) is 2.91. The molecule has 0 aliphatic heterocycles. The molecule has 0 atom stereocenters. The van der Waals surface area contributed by atoms with Crippen molar-refractivity contribution in [2.75, 3.05) is 0 Å². The lowest BCUT2D eigenvalue weighted by Gasteiger charge is -2.08. The Morgan fingerprint density at radius 1 is 0.750 bits per heavy atom. The van der Waals surface area contributed by atoms with Gasteiger partial charge in [-0.1, -0.05) is 72.3 Å². The molecule has 1 heterocycles. The molecule has 0 aliphatic rings. The first-order valence-electron chi connectivity index (χ1n) is 7.91. The Kier molecular flexibility index (Phi) is 3.51. The topological polar surface area (TPSA) is 30.2 Å². The first-order chi connectivity index (χ1) is 11.7. The maximum atomic E-state index is 12.2. The van der Waals surface area contributed by atoms with Crippen molar-refractivity contribution in [3.05, 3.63) is 94.6 Å². The highest BCUT2D eigenvalue weighted by Gasteiger charge is 2.09. The molecule has 2 heteroatoms. The standard InChI is InChI=1S/C22H16O2/c1-15-9-11-17(12-10-15)21-13-18(23)14-22(24-21)20-8-4-6-16-5-2-3-7-19(16)20/h2-14H,1H3. The molecule has 0 amide bonds. The molecule has 24 heavy (non-hydrogen) atoms. The predicted octanol–water partition coefficient (Wildman–Crippen LogP) is 5.44. The summed E-state index contributed by atoms with van der Waals surface area (Å²) >= 11 is 0. The molecule has 0 saturated carbocycles. The van der Waals surface area contributed by atoms with Gasteiger partial charge >= 0.3 is 0 Å². The number of rotatable bonds is 2. The quantitative estimate of drug-likeness (QED) is 0.493. The Bertz CT molecular complexity index is 1070. The first kappa shape index (κ1) is 14.5. The van der Waals surface area contributed by atoms with E-state index in [1.165, 1.54) is 5.56 Å². The molecule has 0 unspecified atom stereocenters. The van der Waals surface area contributed by atoms with Crippen LogP contribution >= 0.6 is 0 Å². The second kappa shape index (κ2) is 5.82. The molecule has 3 aromatic carbocycles. The van der Waals surface area contributed by atoms with E-state index in [0.29, 0.717) is 11.5 Å². The van der Waals surface area contributed by atoms with Crippen LogP contribution in [0.4, 0.5) is 0 Å². The fraction of sp³-hybridized carbons (Fsp3) is 0.0455. The van der Waals surface area contributed by atoms with Crippen LogP contribution in [-0.2, 0) is 0 Å². The monoisotopic (exact) mass is 312 g/mol. The van der Waals surface area contributed by atoms with Gasteiger partial charge in [0.05, 0.1) is 0 Å². The van der Waals surface area contributed by atoms with Crippen molar-refractivity contribution in [2.45, 2.75) is 6.92 Å². The minimum absolute atomic E-state index is 0.0558. The summed E-state index contributed by atoms with van der Waals surface area (Å²) < 4.78 is 6.08. The maximum Gasteiger partial charge on any atom is 0.186 e. The van der Waals surface area contributed by atoms with E-state index in [0.717, 1.165) is 21.9 Å². The highest BCUT2D eigenvalue weighted by molar-refractivity contribution is 5.95. The van der Waals surface area contributed by atoms with Gasteiger partial charge in [0, 0.05) is 23.3 Å². The van der Waals surface area contributed by atoms with E-state index in [4.69, 9.17) is 4.42 Å². The van der Waals surface area contributed by atoms with Gasteiger partial charge in [0.15, 0.2) is 5.43 Å². The molecule has 2 nitrogen and oxygen atoms in total. The molecular formula is C22H16O2. The zero-order valence-corrected chi connectivity index (χ0v) is 13.3. The van der Waals surface area contributed by atoms with Crippen molar-refractivity contribution in [3.63, 3.8) is 0 Å². The van der Waals surface area contributed by atoms with Crippen LogP contribution in [0.1, 0.15) is 5.56 Å². The van der Waals surface area contributed by atoms with E-state index in [2.05, 4.69) is 12.1 Å². The lowest BCUT2D eigenvalue weighted by Crippen LogP contribution is -1.98. The fourth-order valence-electron chi connectivity index (χ4n) is 2.91. The van der Waals surface area contributed by atoms with E-state index < -0.39 is 0 Å². The lowest BCUT2D eigenvalue weighted by atomic mass is 10.0. The third-order valence-electron chi connectivity index (χ3n) is 4.16. The SMILES string of the molecule is Cc1ccc(-c2cc(=O)cc(-c3cccc4ccccc34)o2)cc1. The highest BCUT2D eigenvalue weighted by atomic mass is 16.3. The molecule has 1 aromatic heterocycles. The molecule has 0 spiro atoms. The minimum Gasteiger partial charge on any atom is -0.456 e. The van der Waals surface area contributed by atoms with E-state index >= 15 is 0 Å². The van der Waals surface area contributed by atoms with Gasteiger partial charge in [0.1, 0.15) is 11.5 Å². The summed E-state index contributed by atoms with van der Waals surface area (Å²) in [6.07, 6.45) is 0. The van der Waals surface area contributed by atoms with E-state index in [1.807, 2.05) is 61.5 Å². The van der Waals surface area contributed by atoms with Gasteiger partial charge in [-0.2, -0.15) is 0 Å². The summed E-state index contributed by atoms with van der Waals surface area (Å²) in [5.74, 6) is 1.18. The second-order valence-electron chi connectivity index (χ2n) is 5.91. The number of fused-ring (bicyclic) bond motifs is 1. The normalized spacial score (nSPS) is 10.9. The lowest BCUT2D eigenvalue weighted by molar-refractivity contribution is 0.581. The molecular weight excluding hydrogens is 296 g/mol. The molecule has 4 aromatic rings. The number of aryl methyl sites for hydroxylation is 1. The van der Waals surface area contributed by atoms with Crippen molar-refractivity contribution in [1.82, 2.24) is 0 Å². The van der Waals surface area contributed by atoms with Gasteiger partial charge < -0.3 is 4.42 Å². The van der Waals surface area contributed by atoms with Crippen LogP contribution in [0.25, 0.3) is 33.4 Å². The Morgan fingerprint density at radius 3 is 2.29 bits per heavy atom. The summed E-state index contributed by atoms with van der Waals surface area (Å²) in [4.78, 5) is 12.2. The van der Waals surface area contributed by atoms with Gasteiger partial charge in [-0.25, -0.2) is 0 Å². The molecule has 0 aliphatic carbocycles. The van der Waals surface area contributed by atoms with Crippen LogP contribution in [0.15, 0.2) is 88.1 Å². The van der Waals surface area contributed by atoms with Crippen LogP contribution in [-0.4, -0.2) is 0 Å². The smallest absolute Gasteiger partial charge is 0.186 e. The zero-order chi connectivity index (χ0) is 16.5. The summed E-state index contributed by atoms with van der Waals surface area (Å²) in [5.41, 5.74) is 2.95. The predicted molar refractivity (Wildman–Crippen MR) is 98.1 cm³/mol. The van der Waals surface area contributed by atoms with Crippen molar-refractivity contribution >= 4 is 10.8 Å². The zero-order valence-electron chi connectivity index (χ0n) is 13.3. The van der Waals surface area contributed by atoms with Gasteiger partial charge in [0.2, 0.25) is 0 Å². The summed E-state index contributed by atoms with van der Waals surface area (Å²) in [7, 11) is 0. The van der Waals surface area contributed by atoms with Crippen LogP contribution in [0.2, 0.25) is 0 Å². The average Bonchev–Trinajstić information content (AvgIpc) is 2.61. The largest absolute Gasteiger partial charge is 0.456 e. The third kappa shape index (κ3) is 2.63. The van der Waals surface area contributed by atoms with Gasteiger partial charge in [-0.05, 0) is 17.7 Å². The number of benzene rings is 3. The van der Waals surface area contributed by atoms with Crippen LogP contribution in [0.3, 0.4) is 0 Å². The Balaban J connectivity index is 1.93. The molecule has 0 saturated heterocycles. The van der Waals surface area contributed by atoms with Gasteiger partial charge in [-0.15, -0.1) is 0 Å². The first-order valence-corrected chi connectivity index (χ1v) is 7.91. The Hall–Kier alpha value is -3.13. The number of hydrogen-bond donors (Lipinski definition) is 0. The molecule has 0 fully saturated rings.